The second kappa shape index (κ2) is 7.00. The number of hydrogen-bond donors (Lipinski definition) is 1. The Morgan fingerprint density at radius 3 is 2.55 bits per heavy atom. The van der Waals surface area contributed by atoms with Crippen molar-refractivity contribution in [1.82, 2.24) is 10.3 Å². The summed E-state index contributed by atoms with van der Waals surface area (Å²) in [4.78, 5) is 4.39. The number of nitrogens with zero attached hydrogens (tertiary/aromatic N) is 1. The van der Waals surface area contributed by atoms with E-state index in [9.17, 15) is 0 Å². The van der Waals surface area contributed by atoms with Gasteiger partial charge in [0.05, 0.1) is 5.01 Å². The van der Waals surface area contributed by atoms with Crippen molar-refractivity contribution in [3.8, 4) is 0 Å². The van der Waals surface area contributed by atoms with E-state index in [1.165, 1.54) is 10.6 Å². The molecule has 0 aliphatic carbocycles. The molecule has 0 radical (unpaired) electrons. The van der Waals surface area contributed by atoms with Gasteiger partial charge >= 0.3 is 0 Å². The predicted molar refractivity (Wildman–Crippen MR) is 87.4 cm³/mol. The normalized spacial score (nSPS) is 13.3. The molecule has 20 heavy (non-hydrogen) atoms. The summed E-state index contributed by atoms with van der Waals surface area (Å²) in [5, 5.41) is 6.93. The van der Waals surface area contributed by atoms with Gasteiger partial charge in [0.25, 0.3) is 0 Å². The summed E-state index contributed by atoms with van der Waals surface area (Å²) in [5.74, 6) is 0.541. The van der Waals surface area contributed by atoms with Gasteiger partial charge in [-0.3, -0.25) is 0 Å². The van der Waals surface area contributed by atoms with Crippen molar-refractivity contribution >= 4 is 11.3 Å². The average molecular weight is 288 g/mol. The minimum atomic E-state index is 0.161. The minimum absolute atomic E-state index is 0.161. The van der Waals surface area contributed by atoms with Crippen molar-refractivity contribution in [2.45, 2.75) is 45.1 Å². The second-order valence-corrected chi connectivity index (χ2v) is 7.18. The number of rotatable bonds is 6. The molecule has 0 spiro atoms. The lowest BCUT2D eigenvalue weighted by molar-refractivity contribution is 0.399. The van der Waals surface area contributed by atoms with Crippen molar-refractivity contribution in [3.05, 3.63) is 52.5 Å². The van der Waals surface area contributed by atoms with Crippen LogP contribution in [0.5, 0.6) is 0 Å². The summed E-state index contributed by atoms with van der Waals surface area (Å²) in [7, 11) is 0. The molecule has 2 rings (SSSR count). The van der Waals surface area contributed by atoms with Crippen LogP contribution in [-0.4, -0.2) is 17.1 Å². The Morgan fingerprint density at radius 2 is 1.95 bits per heavy atom. The third-order valence-electron chi connectivity index (χ3n) is 3.34. The number of aryl methyl sites for hydroxylation is 1. The fourth-order valence-corrected chi connectivity index (χ4v) is 2.85. The van der Waals surface area contributed by atoms with Crippen LogP contribution in [0.3, 0.4) is 0 Å². The summed E-state index contributed by atoms with van der Waals surface area (Å²) >= 11 is 1.75. The van der Waals surface area contributed by atoms with Crippen molar-refractivity contribution in [1.29, 1.82) is 0 Å². The fourth-order valence-electron chi connectivity index (χ4n) is 2.22. The molecule has 1 heterocycles. The lowest BCUT2D eigenvalue weighted by atomic mass is 9.93. The highest BCUT2D eigenvalue weighted by atomic mass is 32.1. The first-order valence-electron chi connectivity index (χ1n) is 7.23. The number of benzene rings is 1. The topological polar surface area (TPSA) is 24.9 Å². The molecule has 3 heteroatoms. The highest BCUT2D eigenvalue weighted by molar-refractivity contribution is 7.09. The van der Waals surface area contributed by atoms with E-state index in [0.717, 1.165) is 19.4 Å². The molecule has 1 unspecified atom stereocenters. The van der Waals surface area contributed by atoms with Gasteiger partial charge in [-0.1, -0.05) is 30.3 Å². The van der Waals surface area contributed by atoms with Gasteiger partial charge < -0.3 is 5.32 Å². The van der Waals surface area contributed by atoms with Crippen molar-refractivity contribution in [3.63, 3.8) is 0 Å². The van der Waals surface area contributed by atoms with E-state index in [4.69, 9.17) is 0 Å². The van der Waals surface area contributed by atoms with Gasteiger partial charge in [-0.05, 0) is 45.1 Å². The van der Waals surface area contributed by atoms with Crippen LogP contribution in [0.15, 0.2) is 41.9 Å². The Kier molecular flexibility index (Phi) is 5.32. The van der Waals surface area contributed by atoms with Gasteiger partial charge in [0.2, 0.25) is 0 Å². The monoisotopic (exact) mass is 288 g/mol. The Labute approximate surface area is 126 Å². The number of hydrogen-bond acceptors (Lipinski definition) is 3. The van der Waals surface area contributed by atoms with E-state index in [2.05, 4.69) is 66.8 Å². The molecule has 1 atom stereocenters. The van der Waals surface area contributed by atoms with Crippen molar-refractivity contribution in [2.75, 3.05) is 6.54 Å². The maximum atomic E-state index is 4.39. The van der Waals surface area contributed by atoms with Crippen LogP contribution >= 0.6 is 11.3 Å². The zero-order chi connectivity index (χ0) is 14.4. The molecule has 0 aliphatic heterocycles. The molecule has 0 saturated heterocycles. The van der Waals surface area contributed by atoms with Gasteiger partial charge in [-0.15, -0.1) is 11.3 Å². The second-order valence-electron chi connectivity index (χ2n) is 6.20. The molecule has 2 aromatic rings. The fraction of sp³-hybridized carbons (Fsp3) is 0.471. The molecular weight excluding hydrogens is 264 g/mol. The van der Waals surface area contributed by atoms with Gasteiger partial charge in [0.1, 0.15) is 0 Å². The minimum Gasteiger partial charge on any atom is -0.311 e. The van der Waals surface area contributed by atoms with Crippen LogP contribution in [0.25, 0.3) is 0 Å². The molecule has 1 aromatic carbocycles. The van der Waals surface area contributed by atoms with Crippen LogP contribution in [-0.2, 0) is 6.42 Å². The molecule has 0 saturated carbocycles. The molecule has 0 fully saturated rings. The van der Waals surface area contributed by atoms with E-state index >= 15 is 0 Å². The molecule has 1 aromatic heterocycles. The van der Waals surface area contributed by atoms with E-state index in [0.29, 0.717) is 5.92 Å². The number of nitrogens with one attached hydrogen (secondary N) is 1. The summed E-state index contributed by atoms with van der Waals surface area (Å²) in [6.45, 7) is 7.67. The quantitative estimate of drug-likeness (QED) is 0.859. The summed E-state index contributed by atoms with van der Waals surface area (Å²) in [5.41, 5.74) is 1.58. The van der Waals surface area contributed by atoms with E-state index in [1.54, 1.807) is 11.3 Å². The Balaban J connectivity index is 2.00. The van der Waals surface area contributed by atoms with Crippen molar-refractivity contribution in [2.24, 2.45) is 0 Å². The SMILES string of the molecule is CC(C)(C)NCC(CCc1nccs1)c1ccccc1. The van der Waals surface area contributed by atoms with Crippen LogP contribution in [0.2, 0.25) is 0 Å². The summed E-state index contributed by atoms with van der Waals surface area (Å²) in [6, 6.07) is 10.8. The van der Waals surface area contributed by atoms with Gasteiger partial charge in [-0.2, -0.15) is 0 Å². The van der Waals surface area contributed by atoms with Crippen LogP contribution in [0.4, 0.5) is 0 Å². The summed E-state index contributed by atoms with van der Waals surface area (Å²) in [6.07, 6.45) is 4.09. The van der Waals surface area contributed by atoms with E-state index in [1.807, 2.05) is 6.20 Å². The Bertz CT molecular complexity index is 485. The Morgan fingerprint density at radius 1 is 1.20 bits per heavy atom. The molecule has 0 aliphatic rings. The van der Waals surface area contributed by atoms with E-state index < -0.39 is 0 Å². The maximum Gasteiger partial charge on any atom is 0.0925 e. The smallest absolute Gasteiger partial charge is 0.0925 e. The zero-order valence-electron chi connectivity index (χ0n) is 12.6. The lowest BCUT2D eigenvalue weighted by Crippen LogP contribution is -2.38. The largest absolute Gasteiger partial charge is 0.311 e. The maximum absolute atomic E-state index is 4.39. The van der Waals surface area contributed by atoms with Gasteiger partial charge in [0, 0.05) is 23.7 Å². The number of thiazole rings is 1. The molecule has 1 N–H and O–H groups in total. The van der Waals surface area contributed by atoms with Crippen molar-refractivity contribution < 1.29 is 0 Å². The summed E-state index contributed by atoms with van der Waals surface area (Å²) < 4.78 is 0. The standard InChI is InChI=1S/C17H24N2S/c1-17(2,3)19-13-15(14-7-5-4-6-8-14)9-10-16-18-11-12-20-16/h4-8,11-12,15,19H,9-10,13H2,1-3H3. The van der Waals surface area contributed by atoms with Crippen LogP contribution in [0.1, 0.15) is 43.7 Å². The molecule has 108 valence electrons. The van der Waals surface area contributed by atoms with Crippen LogP contribution < -0.4 is 5.32 Å². The van der Waals surface area contributed by atoms with E-state index in [-0.39, 0.29) is 5.54 Å². The first-order chi connectivity index (χ1) is 9.54. The Hall–Kier alpha value is -1.19. The highest BCUT2D eigenvalue weighted by Gasteiger charge is 2.16. The van der Waals surface area contributed by atoms with Gasteiger partial charge in [-0.25, -0.2) is 4.98 Å². The number of aromatic nitrogens is 1. The molecule has 0 amide bonds. The molecule has 0 bridgehead atoms. The third kappa shape index (κ3) is 5.06. The predicted octanol–water partition coefficient (Wildman–Crippen LogP) is 4.25. The van der Waals surface area contributed by atoms with Gasteiger partial charge in [0.15, 0.2) is 0 Å². The average Bonchev–Trinajstić information content (AvgIpc) is 2.92. The first-order valence-corrected chi connectivity index (χ1v) is 8.11. The molecule has 2 nitrogen and oxygen atoms in total. The third-order valence-corrected chi connectivity index (χ3v) is 4.18. The lowest BCUT2D eigenvalue weighted by Gasteiger charge is -2.25. The zero-order valence-corrected chi connectivity index (χ0v) is 13.4. The van der Waals surface area contributed by atoms with Crippen LogP contribution in [0, 0.1) is 0 Å². The first kappa shape index (κ1) is 15.2. The molecular formula is C17H24N2S. The highest BCUT2D eigenvalue weighted by Crippen LogP contribution is 2.22.